The minimum atomic E-state index is -0.188. The summed E-state index contributed by atoms with van der Waals surface area (Å²) in [6, 6.07) is 7.50. The maximum absolute atomic E-state index is 9.80. The maximum Gasteiger partial charge on any atom is 0.0695 e. The van der Waals surface area contributed by atoms with Crippen LogP contribution in [0.2, 0.25) is 5.02 Å². The van der Waals surface area contributed by atoms with Crippen molar-refractivity contribution >= 4 is 11.6 Å². The number of nitrogens with zero attached hydrogens (tertiary/aromatic N) is 1. The van der Waals surface area contributed by atoms with E-state index in [-0.39, 0.29) is 6.10 Å². The summed E-state index contributed by atoms with van der Waals surface area (Å²) in [6.45, 7) is 1.38. The molecule has 1 aliphatic rings. The molecule has 0 saturated heterocycles. The molecule has 0 bridgehead atoms. The van der Waals surface area contributed by atoms with Crippen LogP contribution in [0.15, 0.2) is 24.3 Å². The second-order valence-corrected chi connectivity index (χ2v) is 5.35. The Balaban J connectivity index is 1.78. The predicted octanol–water partition coefficient (Wildman–Crippen LogP) is 2.39. The monoisotopic (exact) mass is 263 g/mol. The van der Waals surface area contributed by atoms with Crippen molar-refractivity contribution in [1.29, 1.82) is 0 Å². The van der Waals surface area contributed by atoms with Gasteiger partial charge in [0.25, 0.3) is 0 Å². The molecule has 1 aromatic carbocycles. The zero-order valence-electron chi connectivity index (χ0n) is 10.6. The van der Waals surface area contributed by atoms with Gasteiger partial charge in [-0.2, -0.15) is 0 Å². The van der Waals surface area contributed by atoms with Crippen LogP contribution in [-0.2, 0) is 0 Å². The minimum Gasteiger partial charge on any atom is -0.392 e. The smallest absolute Gasteiger partial charge is 0.0695 e. The Morgan fingerprint density at radius 3 is 2.67 bits per heavy atom. The van der Waals surface area contributed by atoms with Gasteiger partial charge in [0.05, 0.1) is 12.6 Å². The van der Waals surface area contributed by atoms with E-state index < -0.39 is 0 Å². The maximum atomic E-state index is 9.80. The second-order valence-electron chi connectivity index (χ2n) is 4.91. The molecule has 0 aliphatic heterocycles. The second kappa shape index (κ2) is 6.24. The lowest BCUT2D eigenvalue weighted by atomic mass is 10.2. The van der Waals surface area contributed by atoms with Gasteiger partial charge in [0.15, 0.2) is 0 Å². The van der Waals surface area contributed by atoms with Crippen LogP contribution < -0.4 is 0 Å². The lowest BCUT2D eigenvalue weighted by molar-refractivity contribution is 0.112. The topological polar surface area (TPSA) is 23.5 Å². The average Bonchev–Trinajstić information content (AvgIpc) is 3.15. The highest BCUT2D eigenvalue weighted by atomic mass is 35.5. The fraction of sp³-hybridized carbons (Fsp3) is 0.467. The summed E-state index contributed by atoms with van der Waals surface area (Å²) < 4.78 is 0. The molecule has 1 saturated carbocycles. The number of aliphatic hydroxyl groups is 1. The number of aliphatic hydroxyl groups excluding tert-OH is 1. The van der Waals surface area contributed by atoms with Crippen molar-refractivity contribution in [3.8, 4) is 11.8 Å². The van der Waals surface area contributed by atoms with E-state index in [9.17, 15) is 5.11 Å². The van der Waals surface area contributed by atoms with Crippen LogP contribution in [-0.4, -0.2) is 36.2 Å². The van der Waals surface area contributed by atoms with Crippen molar-refractivity contribution in [3.63, 3.8) is 0 Å². The van der Waals surface area contributed by atoms with Gasteiger partial charge in [-0.1, -0.05) is 23.4 Å². The van der Waals surface area contributed by atoms with Crippen LogP contribution in [0.4, 0.5) is 0 Å². The summed E-state index contributed by atoms with van der Waals surface area (Å²) in [7, 11) is 1.99. The van der Waals surface area contributed by atoms with Crippen molar-refractivity contribution in [3.05, 3.63) is 34.9 Å². The van der Waals surface area contributed by atoms with Crippen LogP contribution in [0.25, 0.3) is 0 Å². The summed E-state index contributed by atoms with van der Waals surface area (Å²) in [5, 5.41) is 10.5. The number of halogens is 1. The predicted molar refractivity (Wildman–Crippen MR) is 74.6 cm³/mol. The van der Waals surface area contributed by atoms with Crippen LogP contribution in [0.3, 0.4) is 0 Å². The van der Waals surface area contributed by atoms with Gasteiger partial charge in [0, 0.05) is 17.1 Å². The minimum absolute atomic E-state index is 0.188. The molecule has 3 heteroatoms. The molecule has 0 amide bonds. The number of hydrogen-bond donors (Lipinski definition) is 1. The molecular formula is C15H18ClNO. The van der Waals surface area contributed by atoms with E-state index in [1.54, 1.807) is 0 Å². The van der Waals surface area contributed by atoms with Crippen LogP contribution in [0, 0.1) is 17.8 Å². The number of rotatable bonds is 4. The fourth-order valence-electron chi connectivity index (χ4n) is 1.82. The molecule has 1 unspecified atom stereocenters. The van der Waals surface area contributed by atoms with Gasteiger partial charge in [-0.15, -0.1) is 0 Å². The van der Waals surface area contributed by atoms with E-state index in [0.717, 1.165) is 10.6 Å². The van der Waals surface area contributed by atoms with Gasteiger partial charge >= 0.3 is 0 Å². The average molecular weight is 264 g/mol. The standard InChI is InChI=1S/C15H18ClNO/c1-17(11-15(18)13-6-7-13)10-2-3-12-4-8-14(16)9-5-12/h4-5,8-9,13,15,18H,6-7,10-11H2,1H3. The van der Waals surface area contributed by atoms with Crippen LogP contribution in [0.1, 0.15) is 18.4 Å². The van der Waals surface area contributed by atoms with E-state index in [2.05, 4.69) is 16.7 Å². The van der Waals surface area contributed by atoms with Gasteiger partial charge < -0.3 is 5.11 Å². The van der Waals surface area contributed by atoms with Gasteiger partial charge in [-0.25, -0.2) is 0 Å². The van der Waals surface area contributed by atoms with Crippen molar-refractivity contribution < 1.29 is 5.11 Å². The first-order valence-electron chi connectivity index (χ1n) is 6.26. The first-order valence-corrected chi connectivity index (χ1v) is 6.64. The van der Waals surface area contributed by atoms with Crippen LogP contribution >= 0.6 is 11.6 Å². The Kier molecular flexibility index (Phi) is 4.66. The highest BCUT2D eigenvalue weighted by Gasteiger charge is 2.29. The molecule has 18 heavy (non-hydrogen) atoms. The van der Waals surface area contributed by atoms with Gasteiger partial charge in [-0.05, 0) is 50.1 Å². The Hall–Kier alpha value is -1.01. The molecule has 1 aliphatic carbocycles. The molecule has 1 N–H and O–H groups in total. The Morgan fingerprint density at radius 2 is 2.06 bits per heavy atom. The molecule has 0 aromatic heterocycles. The molecule has 1 aromatic rings. The highest BCUT2D eigenvalue weighted by Crippen LogP contribution is 2.32. The molecule has 96 valence electrons. The third-order valence-corrected chi connectivity index (χ3v) is 3.34. The zero-order valence-corrected chi connectivity index (χ0v) is 11.3. The van der Waals surface area contributed by atoms with Crippen molar-refractivity contribution in [2.75, 3.05) is 20.1 Å². The quantitative estimate of drug-likeness (QED) is 0.844. The molecule has 2 nitrogen and oxygen atoms in total. The third kappa shape index (κ3) is 4.34. The SMILES string of the molecule is CN(CC#Cc1ccc(Cl)cc1)CC(O)C1CC1. The van der Waals surface area contributed by atoms with E-state index in [1.165, 1.54) is 12.8 Å². The lowest BCUT2D eigenvalue weighted by Crippen LogP contribution is -2.30. The fourth-order valence-corrected chi connectivity index (χ4v) is 1.95. The summed E-state index contributed by atoms with van der Waals surface area (Å²) in [4.78, 5) is 2.06. The van der Waals surface area contributed by atoms with Crippen LogP contribution in [0.5, 0.6) is 0 Å². The summed E-state index contributed by atoms with van der Waals surface area (Å²) in [5.74, 6) is 6.72. The summed E-state index contributed by atoms with van der Waals surface area (Å²) >= 11 is 5.80. The van der Waals surface area contributed by atoms with Gasteiger partial charge in [0.1, 0.15) is 0 Å². The first kappa shape index (κ1) is 13.4. The summed E-state index contributed by atoms with van der Waals surface area (Å²) in [5.41, 5.74) is 0.968. The Morgan fingerprint density at radius 1 is 1.39 bits per heavy atom. The molecule has 0 heterocycles. The Labute approximate surface area is 114 Å². The van der Waals surface area contributed by atoms with Crippen molar-refractivity contribution in [2.45, 2.75) is 18.9 Å². The number of hydrogen-bond acceptors (Lipinski definition) is 2. The molecule has 2 rings (SSSR count). The highest BCUT2D eigenvalue weighted by molar-refractivity contribution is 6.30. The lowest BCUT2D eigenvalue weighted by Gasteiger charge is -2.17. The molecule has 0 radical (unpaired) electrons. The van der Waals surface area contributed by atoms with E-state index >= 15 is 0 Å². The zero-order chi connectivity index (χ0) is 13.0. The number of benzene rings is 1. The molecule has 1 fully saturated rings. The van der Waals surface area contributed by atoms with Crippen molar-refractivity contribution in [1.82, 2.24) is 4.90 Å². The molecular weight excluding hydrogens is 246 g/mol. The van der Waals surface area contributed by atoms with Gasteiger partial charge in [0.2, 0.25) is 0 Å². The Bertz CT molecular complexity index is 442. The van der Waals surface area contributed by atoms with E-state index in [4.69, 9.17) is 11.6 Å². The first-order chi connectivity index (χ1) is 8.65. The number of likely N-dealkylation sites (N-methyl/N-ethyl adjacent to an activating group) is 1. The normalized spacial score (nSPS) is 16.2. The third-order valence-electron chi connectivity index (χ3n) is 3.09. The van der Waals surface area contributed by atoms with Crippen molar-refractivity contribution in [2.24, 2.45) is 5.92 Å². The molecule has 1 atom stereocenters. The van der Waals surface area contributed by atoms with E-state index in [1.807, 2.05) is 31.3 Å². The molecule has 0 spiro atoms. The van der Waals surface area contributed by atoms with E-state index in [0.29, 0.717) is 19.0 Å². The summed E-state index contributed by atoms with van der Waals surface area (Å²) in [6.07, 6.45) is 2.16. The largest absolute Gasteiger partial charge is 0.392 e. The van der Waals surface area contributed by atoms with Gasteiger partial charge in [-0.3, -0.25) is 4.90 Å².